The van der Waals surface area contributed by atoms with Gasteiger partial charge in [-0.25, -0.2) is 8.42 Å². The van der Waals surface area contributed by atoms with E-state index in [1.807, 2.05) is 0 Å². The third-order valence-electron chi connectivity index (χ3n) is 3.06. The van der Waals surface area contributed by atoms with Crippen LogP contribution in [0.25, 0.3) is 0 Å². The highest BCUT2D eigenvalue weighted by Crippen LogP contribution is 2.15. The highest BCUT2D eigenvalue weighted by atomic mass is 32.2. The molecule has 1 N–H and O–H groups in total. The Kier molecular flexibility index (Phi) is 6.84. The summed E-state index contributed by atoms with van der Waals surface area (Å²) in [5.74, 6) is 0.106. The molecule has 5 heteroatoms. The molecule has 0 aliphatic rings. The van der Waals surface area contributed by atoms with Gasteiger partial charge >= 0.3 is 0 Å². The Morgan fingerprint density at radius 2 is 1.84 bits per heavy atom. The maximum atomic E-state index is 11.7. The predicted molar refractivity (Wildman–Crippen MR) is 79.2 cm³/mol. The Morgan fingerprint density at radius 1 is 1.11 bits per heavy atom. The van der Waals surface area contributed by atoms with Gasteiger partial charge < -0.3 is 5.32 Å². The van der Waals surface area contributed by atoms with E-state index < -0.39 is 9.84 Å². The van der Waals surface area contributed by atoms with Crippen molar-refractivity contribution in [2.24, 2.45) is 0 Å². The van der Waals surface area contributed by atoms with E-state index >= 15 is 0 Å². The smallest absolute Gasteiger partial charge is 0.179 e. The third-order valence-corrected chi connectivity index (χ3v) is 4.76. The Bertz CT molecular complexity index is 472. The summed E-state index contributed by atoms with van der Waals surface area (Å²) in [5, 5.41) is 3.23. The van der Waals surface area contributed by atoms with Crippen molar-refractivity contribution in [2.45, 2.75) is 50.8 Å². The van der Waals surface area contributed by atoms with Crippen molar-refractivity contribution in [3.63, 3.8) is 0 Å². The van der Waals surface area contributed by atoms with E-state index in [2.05, 4.69) is 17.2 Å². The highest BCUT2D eigenvalue weighted by Gasteiger charge is 2.12. The Hall–Kier alpha value is -1.10. The van der Waals surface area contributed by atoms with E-state index in [-0.39, 0.29) is 5.75 Å². The first kappa shape index (κ1) is 16.0. The lowest BCUT2D eigenvalue weighted by molar-refractivity contribution is 0.597. The molecule has 0 spiro atoms. The molecule has 1 aromatic rings. The minimum atomic E-state index is -3.17. The number of nitrogens with zero attached hydrogens (tertiary/aromatic N) is 1. The van der Waals surface area contributed by atoms with E-state index in [0.717, 1.165) is 18.7 Å². The van der Waals surface area contributed by atoms with Crippen LogP contribution >= 0.6 is 0 Å². The van der Waals surface area contributed by atoms with Gasteiger partial charge in [0.2, 0.25) is 0 Å². The summed E-state index contributed by atoms with van der Waals surface area (Å²) in [6, 6.07) is 1.66. The molecule has 0 amide bonds. The van der Waals surface area contributed by atoms with Crippen molar-refractivity contribution < 1.29 is 8.42 Å². The number of nitrogens with one attached hydrogen (secondary N) is 1. The first-order chi connectivity index (χ1) is 9.10. The number of hydrogen-bond acceptors (Lipinski definition) is 4. The molecule has 1 aromatic heterocycles. The normalized spacial score (nSPS) is 11.5. The lowest BCUT2D eigenvalue weighted by Gasteiger charge is -2.07. The van der Waals surface area contributed by atoms with E-state index in [0.29, 0.717) is 4.90 Å². The first-order valence-electron chi connectivity index (χ1n) is 7.01. The van der Waals surface area contributed by atoms with Crippen molar-refractivity contribution in [3.05, 3.63) is 18.5 Å². The molecule has 0 radical (unpaired) electrons. The van der Waals surface area contributed by atoms with Crippen molar-refractivity contribution in [1.29, 1.82) is 0 Å². The molecule has 108 valence electrons. The summed E-state index contributed by atoms with van der Waals surface area (Å²) >= 11 is 0. The van der Waals surface area contributed by atoms with Crippen LogP contribution in [0.4, 0.5) is 5.69 Å². The van der Waals surface area contributed by atoms with E-state index in [1.165, 1.54) is 31.9 Å². The number of rotatable bonds is 9. The molecule has 4 nitrogen and oxygen atoms in total. The quantitative estimate of drug-likeness (QED) is 0.707. The van der Waals surface area contributed by atoms with Crippen molar-refractivity contribution in [1.82, 2.24) is 4.98 Å². The van der Waals surface area contributed by atoms with Crippen LogP contribution in [0.3, 0.4) is 0 Å². The second-order valence-electron chi connectivity index (χ2n) is 4.65. The summed E-state index contributed by atoms with van der Waals surface area (Å²) < 4.78 is 23.5. The molecule has 1 heterocycles. The molecule has 0 aliphatic carbocycles. The fraction of sp³-hybridized carbons (Fsp3) is 0.643. The fourth-order valence-corrected chi connectivity index (χ4v) is 2.67. The van der Waals surface area contributed by atoms with Crippen LogP contribution in [0.5, 0.6) is 0 Å². The summed E-state index contributed by atoms with van der Waals surface area (Å²) in [5.41, 5.74) is 0.782. The fourth-order valence-electron chi connectivity index (χ4n) is 1.81. The SMILES string of the molecule is CCCCCCCNc1cncc(S(=O)(=O)CC)c1. The predicted octanol–water partition coefficient (Wildman–Crippen LogP) is 3.26. The number of pyridine rings is 1. The number of unbranched alkanes of at least 4 members (excludes halogenated alkanes) is 4. The molecular formula is C14H24N2O2S. The number of sulfone groups is 1. The molecule has 0 bridgehead atoms. The molecule has 0 fully saturated rings. The van der Waals surface area contributed by atoms with Gasteiger partial charge in [0, 0.05) is 12.7 Å². The Labute approximate surface area is 116 Å². The zero-order valence-corrected chi connectivity index (χ0v) is 12.7. The van der Waals surface area contributed by atoms with Gasteiger partial charge in [-0.3, -0.25) is 4.98 Å². The topological polar surface area (TPSA) is 59.1 Å². The van der Waals surface area contributed by atoms with Crippen LogP contribution in [0.2, 0.25) is 0 Å². The Morgan fingerprint density at radius 3 is 2.53 bits per heavy atom. The molecular weight excluding hydrogens is 260 g/mol. The van der Waals surface area contributed by atoms with Gasteiger partial charge in [0.25, 0.3) is 0 Å². The lowest BCUT2D eigenvalue weighted by atomic mass is 10.1. The van der Waals surface area contributed by atoms with Crippen LogP contribution in [-0.4, -0.2) is 25.7 Å². The zero-order chi connectivity index (χ0) is 14.1. The number of anilines is 1. The third kappa shape index (κ3) is 5.59. The van der Waals surface area contributed by atoms with Crippen LogP contribution in [-0.2, 0) is 9.84 Å². The van der Waals surface area contributed by atoms with Gasteiger partial charge in [0.15, 0.2) is 9.84 Å². The second-order valence-corrected chi connectivity index (χ2v) is 6.93. The maximum absolute atomic E-state index is 11.7. The van der Waals surface area contributed by atoms with Gasteiger partial charge in [0.05, 0.1) is 22.5 Å². The van der Waals surface area contributed by atoms with Crippen LogP contribution in [0.1, 0.15) is 46.0 Å². The lowest BCUT2D eigenvalue weighted by Crippen LogP contribution is -2.07. The van der Waals surface area contributed by atoms with Gasteiger partial charge in [0.1, 0.15) is 0 Å². The molecule has 0 aromatic carbocycles. The van der Waals surface area contributed by atoms with Crippen LogP contribution in [0.15, 0.2) is 23.4 Å². The van der Waals surface area contributed by atoms with Crippen LogP contribution < -0.4 is 5.32 Å². The standard InChI is InChI=1S/C14H24N2O2S/c1-3-5-6-7-8-9-16-13-10-14(12-15-11-13)19(17,18)4-2/h10-12,16H,3-9H2,1-2H3. The van der Waals surface area contributed by atoms with E-state index in [9.17, 15) is 8.42 Å². The first-order valence-corrected chi connectivity index (χ1v) is 8.67. The minimum absolute atomic E-state index is 0.106. The van der Waals surface area contributed by atoms with Crippen molar-refractivity contribution in [2.75, 3.05) is 17.6 Å². The highest BCUT2D eigenvalue weighted by molar-refractivity contribution is 7.91. The molecule has 0 aliphatic heterocycles. The van der Waals surface area contributed by atoms with Gasteiger partial charge in [-0.1, -0.05) is 39.5 Å². The molecule has 0 atom stereocenters. The summed E-state index contributed by atoms with van der Waals surface area (Å²) in [6.07, 6.45) is 9.18. The second kappa shape index (κ2) is 8.15. The molecule has 1 rings (SSSR count). The van der Waals surface area contributed by atoms with Crippen molar-refractivity contribution in [3.8, 4) is 0 Å². The van der Waals surface area contributed by atoms with E-state index in [4.69, 9.17) is 0 Å². The molecule has 0 unspecified atom stereocenters. The zero-order valence-electron chi connectivity index (χ0n) is 11.9. The maximum Gasteiger partial charge on any atom is 0.179 e. The summed E-state index contributed by atoms with van der Waals surface area (Å²) in [4.78, 5) is 4.28. The largest absolute Gasteiger partial charge is 0.384 e. The molecule has 0 saturated carbocycles. The van der Waals surface area contributed by atoms with Gasteiger partial charge in [-0.2, -0.15) is 0 Å². The summed E-state index contributed by atoms with van der Waals surface area (Å²) in [6.45, 7) is 4.70. The average molecular weight is 284 g/mol. The number of hydrogen-bond donors (Lipinski definition) is 1. The Balaban J connectivity index is 2.45. The van der Waals surface area contributed by atoms with Crippen molar-refractivity contribution >= 4 is 15.5 Å². The van der Waals surface area contributed by atoms with E-state index in [1.54, 1.807) is 19.2 Å². The average Bonchev–Trinajstić information content (AvgIpc) is 2.43. The van der Waals surface area contributed by atoms with Crippen LogP contribution in [0, 0.1) is 0 Å². The molecule has 0 saturated heterocycles. The monoisotopic (exact) mass is 284 g/mol. The number of aromatic nitrogens is 1. The minimum Gasteiger partial charge on any atom is -0.384 e. The molecule has 19 heavy (non-hydrogen) atoms. The summed E-state index contributed by atoms with van der Waals surface area (Å²) in [7, 11) is -3.17. The van der Waals surface area contributed by atoms with Gasteiger partial charge in [-0.15, -0.1) is 0 Å². The van der Waals surface area contributed by atoms with Gasteiger partial charge in [-0.05, 0) is 12.5 Å².